The molecule has 0 saturated carbocycles. The average Bonchev–Trinajstić information content (AvgIpc) is 2.38. The maximum atomic E-state index is 5.02. The Bertz CT molecular complexity index is 247. The highest BCUT2D eigenvalue weighted by atomic mass is 16.5. The standard InChI is InChI=1S/C13H28N4O/c1-11(2)17-8-5-12(6-9-17)16-13(14-3)15-7-10-18-4/h11-12H,5-10H2,1-4H3,(H2,14,15,16). The topological polar surface area (TPSA) is 48.9 Å². The smallest absolute Gasteiger partial charge is 0.191 e. The third-order valence-corrected chi connectivity index (χ3v) is 3.42. The van der Waals surface area contributed by atoms with E-state index in [1.165, 1.54) is 25.9 Å². The van der Waals surface area contributed by atoms with Crippen molar-refractivity contribution in [2.75, 3.05) is 40.4 Å². The van der Waals surface area contributed by atoms with Gasteiger partial charge in [-0.3, -0.25) is 4.99 Å². The van der Waals surface area contributed by atoms with Gasteiger partial charge in [-0.25, -0.2) is 0 Å². The van der Waals surface area contributed by atoms with Crippen LogP contribution in [0.5, 0.6) is 0 Å². The van der Waals surface area contributed by atoms with Gasteiger partial charge in [0.2, 0.25) is 0 Å². The quantitative estimate of drug-likeness (QED) is 0.431. The van der Waals surface area contributed by atoms with E-state index in [4.69, 9.17) is 4.74 Å². The average molecular weight is 256 g/mol. The fraction of sp³-hybridized carbons (Fsp3) is 0.923. The van der Waals surface area contributed by atoms with E-state index in [1.807, 2.05) is 7.05 Å². The lowest BCUT2D eigenvalue weighted by Crippen LogP contribution is -2.50. The number of nitrogens with zero attached hydrogens (tertiary/aromatic N) is 2. The summed E-state index contributed by atoms with van der Waals surface area (Å²) in [5.41, 5.74) is 0. The van der Waals surface area contributed by atoms with Crippen LogP contribution in [0, 0.1) is 0 Å². The van der Waals surface area contributed by atoms with E-state index in [1.54, 1.807) is 7.11 Å². The molecule has 0 aromatic heterocycles. The molecular formula is C13H28N4O. The van der Waals surface area contributed by atoms with Crippen molar-refractivity contribution in [1.29, 1.82) is 0 Å². The molecule has 1 aliphatic heterocycles. The van der Waals surface area contributed by atoms with Gasteiger partial charge in [-0.1, -0.05) is 0 Å². The third kappa shape index (κ3) is 5.23. The molecule has 1 heterocycles. The van der Waals surface area contributed by atoms with Crippen molar-refractivity contribution < 1.29 is 4.74 Å². The van der Waals surface area contributed by atoms with Crippen LogP contribution in [0.4, 0.5) is 0 Å². The number of nitrogens with one attached hydrogen (secondary N) is 2. The van der Waals surface area contributed by atoms with Crippen LogP contribution in [-0.4, -0.2) is 63.3 Å². The minimum atomic E-state index is 0.536. The van der Waals surface area contributed by atoms with Gasteiger partial charge in [0, 0.05) is 45.9 Å². The number of methoxy groups -OCH3 is 1. The van der Waals surface area contributed by atoms with Gasteiger partial charge in [0.15, 0.2) is 5.96 Å². The van der Waals surface area contributed by atoms with E-state index in [0.717, 1.165) is 12.5 Å². The van der Waals surface area contributed by atoms with Gasteiger partial charge < -0.3 is 20.3 Å². The molecule has 106 valence electrons. The van der Waals surface area contributed by atoms with Crippen LogP contribution in [0.25, 0.3) is 0 Å². The van der Waals surface area contributed by atoms with Crippen LogP contribution >= 0.6 is 0 Å². The van der Waals surface area contributed by atoms with Crippen molar-refractivity contribution in [1.82, 2.24) is 15.5 Å². The summed E-state index contributed by atoms with van der Waals surface area (Å²) in [7, 11) is 3.52. The third-order valence-electron chi connectivity index (χ3n) is 3.42. The fourth-order valence-electron chi connectivity index (χ4n) is 2.22. The monoisotopic (exact) mass is 256 g/mol. The summed E-state index contributed by atoms with van der Waals surface area (Å²) in [5, 5.41) is 6.73. The number of likely N-dealkylation sites (tertiary alicyclic amines) is 1. The fourth-order valence-corrected chi connectivity index (χ4v) is 2.22. The molecule has 1 aliphatic rings. The highest BCUT2D eigenvalue weighted by Crippen LogP contribution is 2.12. The van der Waals surface area contributed by atoms with Crippen LogP contribution in [0.3, 0.4) is 0 Å². The van der Waals surface area contributed by atoms with Crippen LogP contribution in [0.2, 0.25) is 0 Å². The molecule has 1 saturated heterocycles. The van der Waals surface area contributed by atoms with E-state index in [2.05, 4.69) is 34.4 Å². The minimum absolute atomic E-state index is 0.536. The first-order chi connectivity index (χ1) is 8.67. The van der Waals surface area contributed by atoms with E-state index in [0.29, 0.717) is 18.7 Å². The van der Waals surface area contributed by atoms with Crippen molar-refractivity contribution in [3.05, 3.63) is 0 Å². The highest BCUT2D eigenvalue weighted by molar-refractivity contribution is 5.79. The Morgan fingerprint density at radius 2 is 2.06 bits per heavy atom. The second kappa shape index (κ2) is 8.32. The minimum Gasteiger partial charge on any atom is -0.383 e. The second-order valence-corrected chi connectivity index (χ2v) is 5.04. The number of aliphatic imine (C=N–C) groups is 1. The molecule has 0 amide bonds. The SMILES string of the molecule is CN=C(NCCOC)NC1CCN(C(C)C)CC1. The summed E-state index contributed by atoms with van der Waals surface area (Å²) in [6.07, 6.45) is 2.37. The van der Waals surface area contributed by atoms with Gasteiger partial charge in [-0.2, -0.15) is 0 Å². The largest absolute Gasteiger partial charge is 0.383 e. The van der Waals surface area contributed by atoms with Gasteiger partial charge in [0.05, 0.1) is 6.61 Å². The molecule has 0 atom stereocenters. The summed E-state index contributed by atoms with van der Waals surface area (Å²) in [6.45, 7) is 8.36. The van der Waals surface area contributed by atoms with Crippen molar-refractivity contribution in [3.8, 4) is 0 Å². The molecule has 2 N–H and O–H groups in total. The van der Waals surface area contributed by atoms with Gasteiger partial charge in [0.25, 0.3) is 0 Å². The molecule has 1 rings (SSSR count). The lowest BCUT2D eigenvalue weighted by molar-refractivity contribution is 0.167. The first kappa shape index (κ1) is 15.2. The molecule has 0 aromatic carbocycles. The normalized spacial score (nSPS) is 19.3. The Morgan fingerprint density at radius 1 is 1.39 bits per heavy atom. The zero-order valence-corrected chi connectivity index (χ0v) is 12.2. The van der Waals surface area contributed by atoms with Gasteiger partial charge >= 0.3 is 0 Å². The molecule has 1 fully saturated rings. The van der Waals surface area contributed by atoms with Gasteiger partial charge in [0.1, 0.15) is 0 Å². The predicted octanol–water partition coefficient (Wildman–Crippen LogP) is 0.671. The summed E-state index contributed by atoms with van der Waals surface area (Å²) in [6, 6.07) is 1.19. The van der Waals surface area contributed by atoms with Gasteiger partial charge in [-0.15, -0.1) is 0 Å². The number of hydrogen-bond acceptors (Lipinski definition) is 3. The zero-order valence-electron chi connectivity index (χ0n) is 12.2. The number of rotatable bonds is 5. The number of ether oxygens (including phenoxy) is 1. The Labute approximate surface area is 111 Å². The van der Waals surface area contributed by atoms with E-state index >= 15 is 0 Å². The molecule has 18 heavy (non-hydrogen) atoms. The van der Waals surface area contributed by atoms with Crippen LogP contribution in [0.1, 0.15) is 26.7 Å². The molecule has 0 aromatic rings. The predicted molar refractivity (Wildman–Crippen MR) is 76.1 cm³/mol. The number of piperidine rings is 1. The van der Waals surface area contributed by atoms with Crippen LogP contribution in [-0.2, 0) is 4.74 Å². The summed E-state index contributed by atoms with van der Waals surface area (Å²) in [4.78, 5) is 6.76. The lowest BCUT2D eigenvalue weighted by Gasteiger charge is -2.35. The Balaban J connectivity index is 2.26. The summed E-state index contributed by atoms with van der Waals surface area (Å²) in [5.74, 6) is 0.884. The zero-order chi connectivity index (χ0) is 13.4. The van der Waals surface area contributed by atoms with Crippen molar-refractivity contribution in [3.63, 3.8) is 0 Å². The maximum absolute atomic E-state index is 5.02. The van der Waals surface area contributed by atoms with Gasteiger partial charge in [-0.05, 0) is 26.7 Å². The highest BCUT2D eigenvalue weighted by Gasteiger charge is 2.21. The maximum Gasteiger partial charge on any atom is 0.191 e. The first-order valence-electron chi connectivity index (χ1n) is 6.87. The molecule has 5 heteroatoms. The Morgan fingerprint density at radius 3 is 2.56 bits per heavy atom. The number of hydrogen-bond donors (Lipinski definition) is 2. The first-order valence-corrected chi connectivity index (χ1v) is 6.87. The molecule has 0 bridgehead atoms. The molecule has 0 spiro atoms. The molecule has 0 unspecified atom stereocenters. The molecule has 0 radical (unpaired) electrons. The molecule has 5 nitrogen and oxygen atoms in total. The van der Waals surface area contributed by atoms with E-state index < -0.39 is 0 Å². The molecule has 0 aliphatic carbocycles. The van der Waals surface area contributed by atoms with Crippen LogP contribution in [0.15, 0.2) is 4.99 Å². The van der Waals surface area contributed by atoms with E-state index in [9.17, 15) is 0 Å². The van der Waals surface area contributed by atoms with Crippen molar-refractivity contribution in [2.45, 2.75) is 38.8 Å². The Kier molecular flexibility index (Phi) is 7.05. The van der Waals surface area contributed by atoms with Crippen molar-refractivity contribution in [2.24, 2.45) is 4.99 Å². The van der Waals surface area contributed by atoms with Crippen molar-refractivity contribution >= 4 is 5.96 Å². The molecular weight excluding hydrogens is 228 g/mol. The summed E-state index contributed by atoms with van der Waals surface area (Å²) < 4.78 is 5.02. The Hall–Kier alpha value is -0.810. The lowest BCUT2D eigenvalue weighted by atomic mass is 10.0. The summed E-state index contributed by atoms with van der Waals surface area (Å²) >= 11 is 0. The van der Waals surface area contributed by atoms with E-state index in [-0.39, 0.29) is 0 Å². The second-order valence-electron chi connectivity index (χ2n) is 5.04. The van der Waals surface area contributed by atoms with Crippen LogP contribution < -0.4 is 10.6 Å². The number of guanidine groups is 1.